The zero-order chi connectivity index (χ0) is 24.8. The highest BCUT2D eigenvalue weighted by Crippen LogP contribution is 2.21. The minimum absolute atomic E-state index is 0.124. The quantitative estimate of drug-likeness (QED) is 0.329. The number of hydrogen-bond acceptors (Lipinski definition) is 6. The van der Waals surface area contributed by atoms with Crippen molar-refractivity contribution in [3.8, 4) is 0 Å². The Morgan fingerprint density at radius 1 is 0.971 bits per heavy atom. The third-order valence-electron chi connectivity index (χ3n) is 5.41. The lowest BCUT2D eigenvalue weighted by molar-refractivity contribution is -0.121. The van der Waals surface area contributed by atoms with Gasteiger partial charge in [0.2, 0.25) is 17.6 Å². The van der Waals surface area contributed by atoms with Gasteiger partial charge in [0.1, 0.15) is 0 Å². The Kier molecular flexibility index (Phi) is 7.81. The van der Waals surface area contributed by atoms with Gasteiger partial charge in [0, 0.05) is 26.1 Å². The summed E-state index contributed by atoms with van der Waals surface area (Å²) < 4.78 is 3.25. The van der Waals surface area contributed by atoms with Crippen molar-refractivity contribution in [3.63, 3.8) is 0 Å². The highest BCUT2D eigenvalue weighted by atomic mass is 32.2. The number of thioether (sulfide) groups is 1. The maximum absolute atomic E-state index is 13.2. The van der Waals surface area contributed by atoms with Gasteiger partial charge in [-0.2, -0.15) is 0 Å². The lowest BCUT2D eigenvalue weighted by Gasteiger charge is -2.12. The first-order valence-corrected chi connectivity index (χ1v) is 12.5. The van der Waals surface area contributed by atoms with Crippen LogP contribution in [-0.4, -0.2) is 43.3 Å². The SMILES string of the molecule is CC(C)CNC(=O)CCn1c(=O)c2ccccc2n2c(SCC(=O)NCc3ccccc3)nnc12. The molecule has 9 nitrogen and oxygen atoms in total. The number of rotatable bonds is 10. The lowest BCUT2D eigenvalue weighted by Crippen LogP contribution is -2.30. The van der Waals surface area contributed by atoms with E-state index in [1.165, 1.54) is 16.3 Å². The number of benzene rings is 2. The van der Waals surface area contributed by atoms with Gasteiger partial charge in [0.05, 0.1) is 16.7 Å². The molecule has 0 spiro atoms. The summed E-state index contributed by atoms with van der Waals surface area (Å²) in [7, 11) is 0. The zero-order valence-corrected chi connectivity index (χ0v) is 20.5. The van der Waals surface area contributed by atoms with Gasteiger partial charge in [-0.3, -0.25) is 23.4 Å². The van der Waals surface area contributed by atoms with E-state index in [4.69, 9.17) is 0 Å². The Morgan fingerprint density at radius 2 is 1.71 bits per heavy atom. The van der Waals surface area contributed by atoms with Crippen molar-refractivity contribution in [2.75, 3.05) is 12.3 Å². The molecule has 2 heterocycles. The van der Waals surface area contributed by atoms with Crippen LogP contribution in [0.25, 0.3) is 16.7 Å². The number of nitrogens with zero attached hydrogens (tertiary/aromatic N) is 4. The lowest BCUT2D eigenvalue weighted by atomic mass is 10.2. The fourth-order valence-corrected chi connectivity index (χ4v) is 4.40. The number of hydrogen-bond donors (Lipinski definition) is 2. The van der Waals surface area contributed by atoms with E-state index in [9.17, 15) is 14.4 Å². The van der Waals surface area contributed by atoms with Gasteiger partial charge in [-0.25, -0.2) is 0 Å². The summed E-state index contributed by atoms with van der Waals surface area (Å²) >= 11 is 1.25. The Bertz CT molecular complexity index is 1400. The molecule has 0 radical (unpaired) electrons. The fraction of sp³-hybridized carbons (Fsp3) is 0.320. The highest BCUT2D eigenvalue weighted by Gasteiger charge is 2.18. The van der Waals surface area contributed by atoms with E-state index in [1.807, 2.05) is 56.3 Å². The van der Waals surface area contributed by atoms with Crippen LogP contribution < -0.4 is 16.2 Å². The molecule has 0 fully saturated rings. The molecular weight excluding hydrogens is 464 g/mol. The smallest absolute Gasteiger partial charge is 0.262 e. The summed E-state index contributed by atoms with van der Waals surface area (Å²) in [5.41, 5.74) is 1.45. The Morgan fingerprint density at radius 3 is 2.49 bits per heavy atom. The largest absolute Gasteiger partial charge is 0.356 e. The van der Waals surface area contributed by atoms with Crippen LogP contribution in [0.5, 0.6) is 0 Å². The van der Waals surface area contributed by atoms with Crippen molar-refractivity contribution in [1.82, 2.24) is 29.8 Å². The molecule has 2 N–H and O–H groups in total. The van der Waals surface area contributed by atoms with Crippen LogP contribution >= 0.6 is 11.8 Å². The number of aryl methyl sites for hydroxylation is 1. The molecule has 0 saturated carbocycles. The standard InChI is InChI=1S/C25H28N6O3S/c1-17(2)14-26-21(32)12-13-30-23(34)19-10-6-7-11-20(19)31-24(30)28-29-25(31)35-16-22(33)27-15-18-8-4-3-5-9-18/h3-11,17H,12-16H2,1-2H3,(H,26,32)(H,27,33). The van der Waals surface area contributed by atoms with E-state index in [2.05, 4.69) is 20.8 Å². The summed E-state index contributed by atoms with van der Waals surface area (Å²) in [6.45, 7) is 5.25. The van der Waals surface area contributed by atoms with Gasteiger partial charge < -0.3 is 10.6 Å². The number of nitrogens with one attached hydrogen (secondary N) is 2. The van der Waals surface area contributed by atoms with E-state index < -0.39 is 0 Å². The van der Waals surface area contributed by atoms with Crippen LogP contribution in [0.15, 0.2) is 64.5 Å². The first-order chi connectivity index (χ1) is 16.9. The molecule has 0 aliphatic carbocycles. The molecule has 0 aliphatic rings. The molecule has 182 valence electrons. The number of carbonyl (C=O) groups is 2. The molecule has 4 rings (SSSR count). The van der Waals surface area contributed by atoms with Crippen LogP contribution in [0.4, 0.5) is 0 Å². The zero-order valence-electron chi connectivity index (χ0n) is 19.7. The van der Waals surface area contributed by atoms with Crippen molar-refractivity contribution in [2.24, 2.45) is 5.92 Å². The second kappa shape index (κ2) is 11.2. The summed E-state index contributed by atoms with van der Waals surface area (Å²) in [5.74, 6) is 0.585. The van der Waals surface area contributed by atoms with Crippen LogP contribution in [0.2, 0.25) is 0 Å². The van der Waals surface area contributed by atoms with E-state index >= 15 is 0 Å². The van der Waals surface area contributed by atoms with Crippen molar-refractivity contribution >= 4 is 40.3 Å². The minimum atomic E-state index is -0.227. The van der Waals surface area contributed by atoms with E-state index in [-0.39, 0.29) is 36.1 Å². The second-order valence-electron chi connectivity index (χ2n) is 8.59. The van der Waals surface area contributed by atoms with E-state index in [0.29, 0.717) is 40.8 Å². The summed E-state index contributed by atoms with van der Waals surface area (Å²) in [5, 5.41) is 15.3. The van der Waals surface area contributed by atoms with Gasteiger partial charge in [0.25, 0.3) is 5.56 Å². The van der Waals surface area contributed by atoms with Gasteiger partial charge in [-0.05, 0) is 23.6 Å². The number of amides is 2. The monoisotopic (exact) mass is 492 g/mol. The number of carbonyl (C=O) groups excluding carboxylic acids is 2. The highest BCUT2D eigenvalue weighted by molar-refractivity contribution is 7.99. The molecule has 2 aromatic carbocycles. The van der Waals surface area contributed by atoms with Crippen molar-refractivity contribution in [2.45, 2.75) is 38.5 Å². The maximum atomic E-state index is 13.2. The number of aromatic nitrogens is 4. The van der Waals surface area contributed by atoms with Gasteiger partial charge in [-0.1, -0.05) is 68.1 Å². The molecule has 0 bridgehead atoms. The van der Waals surface area contributed by atoms with Gasteiger partial charge in [0.15, 0.2) is 5.16 Å². The van der Waals surface area contributed by atoms with Crippen molar-refractivity contribution in [1.29, 1.82) is 0 Å². The maximum Gasteiger partial charge on any atom is 0.262 e. The molecule has 35 heavy (non-hydrogen) atoms. The summed E-state index contributed by atoms with van der Waals surface area (Å²) in [6.07, 6.45) is 0.151. The Labute approximate surface area is 206 Å². The third kappa shape index (κ3) is 5.89. The predicted octanol–water partition coefficient (Wildman–Crippen LogP) is 2.61. The molecule has 2 aromatic heterocycles. The molecule has 0 atom stereocenters. The predicted molar refractivity (Wildman–Crippen MR) is 136 cm³/mol. The summed E-state index contributed by atoms with van der Waals surface area (Å²) in [4.78, 5) is 37.9. The normalized spacial score (nSPS) is 11.3. The first-order valence-electron chi connectivity index (χ1n) is 11.5. The van der Waals surface area contributed by atoms with Crippen LogP contribution in [0.3, 0.4) is 0 Å². The van der Waals surface area contributed by atoms with Crippen LogP contribution in [-0.2, 0) is 22.7 Å². The van der Waals surface area contributed by atoms with E-state index in [0.717, 1.165) is 5.56 Å². The molecule has 0 aliphatic heterocycles. The molecule has 0 unspecified atom stereocenters. The van der Waals surface area contributed by atoms with Crippen LogP contribution in [0.1, 0.15) is 25.8 Å². The minimum Gasteiger partial charge on any atom is -0.356 e. The summed E-state index contributed by atoms with van der Waals surface area (Å²) in [6, 6.07) is 16.9. The molecule has 10 heteroatoms. The molecular formula is C25H28N6O3S. The van der Waals surface area contributed by atoms with Gasteiger partial charge >= 0.3 is 0 Å². The first kappa shape index (κ1) is 24.5. The average Bonchev–Trinajstić information content (AvgIpc) is 3.29. The molecule has 0 saturated heterocycles. The fourth-order valence-electron chi connectivity index (χ4n) is 3.63. The van der Waals surface area contributed by atoms with Gasteiger partial charge in [-0.15, -0.1) is 10.2 Å². The average molecular weight is 493 g/mol. The Hall–Kier alpha value is -3.66. The van der Waals surface area contributed by atoms with Crippen molar-refractivity contribution < 1.29 is 9.59 Å². The molecule has 2 amide bonds. The third-order valence-corrected chi connectivity index (χ3v) is 6.34. The van der Waals surface area contributed by atoms with Crippen LogP contribution in [0, 0.1) is 5.92 Å². The topological polar surface area (TPSA) is 110 Å². The molecule has 4 aromatic rings. The Balaban J connectivity index is 1.55. The van der Waals surface area contributed by atoms with Crippen molar-refractivity contribution in [3.05, 3.63) is 70.5 Å². The van der Waals surface area contributed by atoms with E-state index in [1.54, 1.807) is 16.5 Å². The number of para-hydroxylation sites is 1. The second-order valence-corrected chi connectivity index (χ2v) is 9.53. The number of fused-ring (bicyclic) bond motifs is 3.